The maximum atomic E-state index is 12.0. The molecule has 0 unspecified atom stereocenters. The molecular weight excluding hydrogens is 342 g/mol. The lowest BCUT2D eigenvalue weighted by atomic mass is 10.1. The van der Waals surface area contributed by atoms with E-state index in [1.165, 1.54) is 0 Å². The largest absolute Gasteiger partial charge is 0.350 e. The first kappa shape index (κ1) is 20.2. The zero-order chi connectivity index (χ0) is 19.8. The molecule has 0 saturated heterocycles. The minimum Gasteiger partial charge on any atom is -0.350 e. The van der Waals surface area contributed by atoms with E-state index < -0.39 is 0 Å². The van der Waals surface area contributed by atoms with Gasteiger partial charge in [-0.3, -0.25) is 14.4 Å². The molecule has 142 valence electrons. The molecule has 0 aromatic heterocycles. The van der Waals surface area contributed by atoms with E-state index in [2.05, 4.69) is 16.0 Å². The number of aryl methyl sites for hydroxylation is 1. The Morgan fingerprint density at radius 1 is 0.963 bits per heavy atom. The maximum absolute atomic E-state index is 12.0. The summed E-state index contributed by atoms with van der Waals surface area (Å²) in [5, 5.41) is 8.17. The van der Waals surface area contributed by atoms with Gasteiger partial charge in [-0.05, 0) is 36.8 Å². The van der Waals surface area contributed by atoms with Gasteiger partial charge < -0.3 is 16.0 Å². The fraction of sp³-hybridized carbons (Fsp3) is 0.286. The second-order valence-electron chi connectivity index (χ2n) is 6.67. The average Bonchev–Trinajstić information content (AvgIpc) is 2.65. The lowest BCUT2D eigenvalue weighted by Gasteiger charge is -2.10. The molecule has 0 atom stereocenters. The van der Waals surface area contributed by atoms with E-state index in [9.17, 15) is 14.4 Å². The van der Waals surface area contributed by atoms with Crippen molar-refractivity contribution < 1.29 is 14.4 Å². The first-order valence-electron chi connectivity index (χ1n) is 8.86. The molecule has 2 aromatic rings. The second kappa shape index (κ2) is 9.52. The SMILES string of the molecule is Cc1ccc(C(=O)NCC(=O)NCc2cccc(NC(=O)C(C)C)c2)cc1. The number of benzene rings is 2. The minimum atomic E-state index is -0.288. The predicted molar refractivity (Wildman–Crippen MR) is 105 cm³/mol. The smallest absolute Gasteiger partial charge is 0.251 e. The van der Waals surface area contributed by atoms with Crippen LogP contribution < -0.4 is 16.0 Å². The number of carbonyl (C=O) groups is 3. The molecule has 27 heavy (non-hydrogen) atoms. The van der Waals surface area contributed by atoms with Crippen molar-refractivity contribution in [2.45, 2.75) is 27.3 Å². The molecule has 0 aliphatic heterocycles. The van der Waals surface area contributed by atoms with Crippen LogP contribution in [-0.4, -0.2) is 24.3 Å². The Labute approximate surface area is 159 Å². The van der Waals surface area contributed by atoms with Gasteiger partial charge in [0.25, 0.3) is 5.91 Å². The molecule has 0 radical (unpaired) electrons. The van der Waals surface area contributed by atoms with Crippen LogP contribution in [-0.2, 0) is 16.1 Å². The molecule has 0 spiro atoms. The van der Waals surface area contributed by atoms with Gasteiger partial charge in [0, 0.05) is 23.7 Å². The molecule has 2 rings (SSSR count). The fourth-order valence-electron chi connectivity index (χ4n) is 2.28. The molecule has 0 heterocycles. The van der Waals surface area contributed by atoms with Gasteiger partial charge in [-0.1, -0.05) is 43.7 Å². The molecule has 0 saturated carbocycles. The van der Waals surface area contributed by atoms with Crippen molar-refractivity contribution in [3.05, 3.63) is 65.2 Å². The Hall–Kier alpha value is -3.15. The number of amides is 3. The van der Waals surface area contributed by atoms with Crippen molar-refractivity contribution in [2.24, 2.45) is 5.92 Å². The quantitative estimate of drug-likeness (QED) is 0.703. The summed E-state index contributed by atoms with van der Waals surface area (Å²) in [5.74, 6) is -0.740. The summed E-state index contributed by atoms with van der Waals surface area (Å²) >= 11 is 0. The summed E-state index contributed by atoms with van der Waals surface area (Å²) in [7, 11) is 0. The van der Waals surface area contributed by atoms with E-state index in [1.807, 2.05) is 51.1 Å². The summed E-state index contributed by atoms with van der Waals surface area (Å²) in [4.78, 5) is 35.7. The third-order valence-electron chi connectivity index (χ3n) is 3.93. The molecule has 6 nitrogen and oxygen atoms in total. The van der Waals surface area contributed by atoms with Crippen LogP contribution >= 0.6 is 0 Å². The topological polar surface area (TPSA) is 87.3 Å². The third kappa shape index (κ3) is 6.58. The minimum absolute atomic E-state index is 0.0602. The van der Waals surface area contributed by atoms with Crippen LogP contribution in [0.4, 0.5) is 5.69 Å². The number of hydrogen-bond donors (Lipinski definition) is 3. The van der Waals surface area contributed by atoms with Crippen molar-refractivity contribution in [1.29, 1.82) is 0 Å². The van der Waals surface area contributed by atoms with Crippen LogP contribution in [0.2, 0.25) is 0 Å². The molecule has 3 amide bonds. The van der Waals surface area contributed by atoms with Gasteiger partial charge in [0.05, 0.1) is 6.54 Å². The lowest BCUT2D eigenvalue weighted by molar-refractivity contribution is -0.120. The lowest BCUT2D eigenvalue weighted by Crippen LogP contribution is -2.36. The van der Waals surface area contributed by atoms with Gasteiger partial charge in [0.1, 0.15) is 0 Å². The van der Waals surface area contributed by atoms with Gasteiger partial charge >= 0.3 is 0 Å². The summed E-state index contributed by atoms with van der Waals surface area (Å²) in [6.07, 6.45) is 0. The average molecular weight is 367 g/mol. The number of hydrogen-bond acceptors (Lipinski definition) is 3. The van der Waals surface area contributed by atoms with Gasteiger partial charge in [-0.2, -0.15) is 0 Å². The molecule has 3 N–H and O–H groups in total. The molecule has 0 bridgehead atoms. The van der Waals surface area contributed by atoms with Crippen LogP contribution in [0.15, 0.2) is 48.5 Å². The summed E-state index contributed by atoms with van der Waals surface area (Å²) < 4.78 is 0. The van der Waals surface area contributed by atoms with E-state index in [0.717, 1.165) is 11.1 Å². The highest BCUT2D eigenvalue weighted by atomic mass is 16.2. The molecule has 0 aliphatic carbocycles. The Morgan fingerprint density at radius 2 is 1.67 bits per heavy atom. The fourth-order valence-corrected chi connectivity index (χ4v) is 2.28. The zero-order valence-electron chi connectivity index (χ0n) is 15.8. The van der Waals surface area contributed by atoms with Crippen molar-refractivity contribution >= 4 is 23.4 Å². The predicted octanol–water partition coefficient (Wildman–Crippen LogP) is 2.64. The number of nitrogens with one attached hydrogen (secondary N) is 3. The van der Waals surface area contributed by atoms with Gasteiger partial charge in [0.2, 0.25) is 11.8 Å². The van der Waals surface area contributed by atoms with Crippen LogP contribution in [0.1, 0.15) is 35.3 Å². The van der Waals surface area contributed by atoms with Crippen LogP contribution in [0.25, 0.3) is 0 Å². The highest BCUT2D eigenvalue weighted by Gasteiger charge is 2.09. The number of rotatable bonds is 7. The van der Waals surface area contributed by atoms with Crippen molar-refractivity contribution in [3.8, 4) is 0 Å². The molecular formula is C21H25N3O3. The van der Waals surface area contributed by atoms with Gasteiger partial charge in [-0.15, -0.1) is 0 Å². The standard InChI is InChI=1S/C21H25N3O3/c1-14(2)20(26)24-18-6-4-5-16(11-18)12-22-19(25)13-23-21(27)17-9-7-15(3)8-10-17/h4-11,14H,12-13H2,1-3H3,(H,22,25)(H,23,27)(H,24,26). The van der Waals surface area contributed by atoms with E-state index in [4.69, 9.17) is 0 Å². The van der Waals surface area contributed by atoms with Crippen molar-refractivity contribution in [3.63, 3.8) is 0 Å². The molecule has 0 fully saturated rings. The Kier molecular flexibility index (Phi) is 7.11. The van der Waals surface area contributed by atoms with E-state index in [-0.39, 0.29) is 30.2 Å². The first-order chi connectivity index (χ1) is 12.8. The van der Waals surface area contributed by atoms with E-state index in [0.29, 0.717) is 17.8 Å². The molecule has 2 aromatic carbocycles. The van der Waals surface area contributed by atoms with Gasteiger partial charge in [0.15, 0.2) is 0 Å². The third-order valence-corrected chi connectivity index (χ3v) is 3.93. The van der Waals surface area contributed by atoms with Crippen LogP contribution in [0, 0.1) is 12.8 Å². The number of anilines is 1. The van der Waals surface area contributed by atoms with Crippen molar-refractivity contribution in [1.82, 2.24) is 10.6 Å². The summed E-state index contributed by atoms with van der Waals surface area (Å²) in [6.45, 7) is 5.80. The normalized spacial score (nSPS) is 10.4. The van der Waals surface area contributed by atoms with E-state index >= 15 is 0 Å². The molecule has 6 heteroatoms. The highest BCUT2D eigenvalue weighted by Crippen LogP contribution is 2.12. The second-order valence-corrected chi connectivity index (χ2v) is 6.67. The Balaban J connectivity index is 1.80. The van der Waals surface area contributed by atoms with Crippen LogP contribution in [0.3, 0.4) is 0 Å². The Bertz CT molecular complexity index is 814. The summed E-state index contributed by atoms with van der Waals surface area (Å²) in [5.41, 5.74) is 3.13. The first-order valence-corrected chi connectivity index (χ1v) is 8.86. The van der Waals surface area contributed by atoms with Crippen LogP contribution in [0.5, 0.6) is 0 Å². The van der Waals surface area contributed by atoms with E-state index in [1.54, 1.807) is 18.2 Å². The Morgan fingerprint density at radius 3 is 2.33 bits per heavy atom. The van der Waals surface area contributed by atoms with Crippen molar-refractivity contribution in [2.75, 3.05) is 11.9 Å². The highest BCUT2D eigenvalue weighted by molar-refractivity contribution is 5.96. The monoisotopic (exact) mass is 367 g/mol. The van der Waals surface area contributed by atoms with Gasteiger partial charge in [-0.25, -0.2) is 0 Å². The summed E-state index contributed by atoms with van der Waals surface area (Å²) in [6, 6.07) is 14.4. The number of carbonyl (C=O) groups excluding carboxylic acids is 3. The maximum Gasteiger partial charge on any atom is 0.251 e. The zero-order valence-corrected chi connectivity index (χ0v) is 15.8. The molecule has 0 aliphatic rings.